The lowest BCUT2D eigenvalue weighted by molar-refractivity contribution is -0.135. The number of aromatic nitrogens is 2. The van der Waals surface area contributed by atoms with Crippen molar-refractivity contribution in [2.24, 2.45) is 0 Å². The molecule has 0 aromatic carbocycles. The number of ether oxygens (including phenoxy) is 1. The molecular formula is C11H17ClN4O3. The van der Waals surface area contributed by atoms with E-state index in [1.807, 2.05) is 0 Å². The van der Waals surface area contributed by atoms with Crippen LogP contribution in [-0.4, -0.2) is 59.2 Å². The van der Waals surface area contributed by atoms with E-state index in [2.05, 4.69) is 15.5 Å². The molecule has 0 saturated carbocycles. The molecule has 19 heavy (non-hydrogen) atoms. The average Bonchev–Trinajstić information content (AvgIpc) is 2.86. The van der Waals surface area contributed by atoms with E-state index >= 15 is 0 Å². The first-order chi connectivity index (χ1) is 9.20. The Kier molecular flexibility index (Phi) is 4.98. The molecule has 2 rings (SSSR count). The summed E-state index contributed by atoms with van der Waals surface area (Å²) in [4.78, 5) is 13.9. The van der Waals surface area contributed by atoms with Gasteiger partial charge in [-0.05, 0) is 6.92 Å². The van der Waals surface area contributed by atoms with Crippen molar-refractivity contribution < 1.29 is 13.9 Å². The Labute approximate surface area is 116 Å². The Morgan fingerprint density at radius 2 is 2.21 bits per heavy atom. The smallest absolute Gasteiger partial charge is 0.316 e. The topological polar surface area (TPSA) is 80.5 Å². The predicted octanol–water partition coefficient (Wildman–Crippen LogP) is 0.510. The number of amides is 1. The molecule has 1 aliphatic heterocycles. The zero-order valence-electron chi connectivity index (χ0n) is 10.8. The van der Waals surface area contributed by atoms with Crippen LogP contribution in [0, 0.1) is 0 Å². The standard InChI is InChI=1S/C11H17ClN4O3/c1-8(10(17)16-4-6-18-7-5-16)13-11-15-14-9(19-11)2-3-12/h8H,2-7H2,1H3,(H,13,15). The normalized spacial score (nSPS) is 17.3. The SMILES string of the molecule is CC(Nc1nnc(CCCl)o1)C(=O)N1CCOCC1. The molecule has 1 amide bonds. The van der Waals surface area contributed by atoms with E-state index < -0.39 is 6.04 Å². The van der Waals surface area contributed by atoms with Crippen molar-refractivity contribution >= 4 is 23.5 Å². The van der Waals surface area contributed by atoms with Gasteiger partial charge in [-0.1, -0.05) is 5.10 Å². The van der Waals surface area contributed by atoms with Crippen LogP contribution in [0.2, 0.25) is 0 Å². The average molecular weight is 289 g/mol. The van der Waals surface area contributed by atoms with Crippen molar-refractivity contribution in [3.05, 3.63) is 5.89 Å². The van der Waals surface area contributed by atoms with Crippen molar-refractivity contribution in [2.75, 3.05) is 37.5 Å². The minimum absolute atomic E-state index is 0.000364. The Hall–Kier alpha value is -1.34. The minimum Gasteiger partial charge on any atom is -0.408 e. The molecule has 0 aliphatic carbocycles. The lowest BCUT2D eigenvalue weighted by atomic mass is 10.2. The molecule has 1 aromatic heterocycles. The second kappa shape index (κ2) is 6.72. The Balaban J connectivity index is 1.88. The van der Waals surface area contributed by atoms with Gasteiger partial charge < -0.3 is 19.4 Å². The molecule has 1 N–H and O–H groups in total. The monoisotopic (exact) mass is 288 g/mol. The van der Waals surface area contributed by atoms with Gasteiger partial charge in [-0.25, -0.2) is 0 Å². The molecule has 0 radical (unpaired) electrons. The maximum atomic E-state index is 12.1. The molecular weight excluding hydrogens is 272 g/mol. The number of nitrogens with zero attached hydrogens (tertiary/aromatic N) is 3. The highest BCUT2D eigenvalue weighted by atomic mass is 35.5. The van der Waals surface area contributed by atoms with E-state index in [0.29, 0.717) is 44.5 Å². The molecule has 1 unspecified atom stereocenters. The van der Waals surface area contributed by atoms with Gasteiger partial charge in [0.2, 0.25) is 11.8 Å². The largest absolute Gasteiger partial charge is 0.408 e. The Morgan fingerprint density at radius 1 is 1.47 bits per heavy atom. The third kappa shape index (κ3) is 3.81. The zero-order chi connectivity index (χ0) is 13.7. The highest BCUT2D eigenvalue weighted by molar-refractivity contribution is 6.17. The molecule has 2 heterocycles. The van der Waals surface area contributed by atoms with E-state index in [0.717, 1.165) is 0 Å². The molecule has 0 bridgehead atoms. The van der Waals surface area contributed by atoms with Gasteiger partial charge in [-0.2, -0.15) is 0 Å². The van der Waals surface area contributed by atoms with Crippen LogP contribution < -0.4 is 5.32 Å². The third-order valence-corrected chi connectivity index (χ3v) is 3.00. The van der Waals surface area contributed by atoms with Gasteiger partial charge in [0.1, 0.15) is 6.04 Å². The zero-order valence-corrected chi connectivity index (χ0v) is 11.5. The number of aryl methyl sites for hydroxylation is 1. The van der Waals surface area contributed by atoms with Crippen LogP contribution in [0.3, 0.4) is 0 Å². The van der Waals surface area contributed by atoms with Crippen molar-refractivity contribution in [2.45, 2.75) is 19.4 Å². The predicted molar refractivity (Wildman–Crippen MR) is 69.2 cm³/mol. The second-order valence-electron chi connectivity index (χ2n) is 4.24. The summed E-state index contributed by atoms with van der Waals surface area (Å²) in [6, 6.07) is -0.170. The molecule has 1 fully saturated rings. The number of hydrogen-bond acceptors (Lipinski definition) is 6. The van der Waals surface area contributed by atoms with Crippen LogP contribution in [0.1, 0.15) is 12.8 Å². The molecule has 106 valence electrons. The summed E-state index contributed by atoms with van der Waals surface area (Å²) >= 11 is 5.58. The van der Waals surface area contributed by atoms with E-state index in [4.69, 9.17) is 20.8 Å². The van der Waals surface area contributed by atoms with E-state index in [-0.39, 0.29) is 11.9 Å². The second-order valence-corrected chi connectivity index (χ2v) is 4.62. The van der Waals surface area contributed by atoms with Gasteiger partial charge in [-0.15, -0.1) is 16.7 Å². The first kappa shape index (κ1) is 14.1. The number of rotatable bonds is 5. The fourth-order valence-corrected chi connectivity index (χ4v) is 1.96. The molecule has 0 spiro atoms. The fourth-order valence-electron chi connectivity index (χ4n) is 1.80. The van der Waals surface area contributed by atoms with Gasteiger partial charge in [0.25, 0.3) is 0 Å². The van der Waals surface area contributed by atoms with Crippen molar-refractivity contribution in [1.82, 2.24) is 15.1 Å². The summed E-state index contributed by atoms with van der Waals surface area (Å²) < 4.78 is 10.5. The molecule has 1 aliphatic rings. The highest BCUT2D eigenvalue weighted by Crippen LogP contribution is 2.10. The van der Waals surface area contributed by atoms with Gasteiger partial charge in [0.15, 0.2) is 0 Å². The number of anilines is 1. The number of alkyl halides is 1. The maximum absolute atomic E-state index is 12.1. The molecule has 1 aromatic rings. The van der Waals surface area contributed by atoms with Gasteiger partial charge in [-0.3, -0.25) is 4.79 Å². The summed E-state index contributed by atoms with van der Waals surface area (Å²) in [5, 5.41) is 10.5. The van der Waals surface area contributed by atoms with Gasteiger partial charge >= 0.3 is 6.01 Å². The lowest BCUT2D eigenvalue weighted by Crippen LogP contribution is -2.47. The summed E-state index contributed by atoms with van der Waals surface area (Å²) in [5.74, 6) is 0.882. The number of halogens is 1. The van der Waals surface area contributed by atoms with Crippen LogP contribution in [0.5, 0.6) is 0 Å². The highest BCUT2D eigenvalue weighted by Gasteiger charge is 2.23. The first-order valence-electron chi connectivity index (χ1n) is 6.22. The fraction of sp³-hybridized carbons (Fsp3) is 0.727. The van der Waals surface area contributed by atoms with Gasteiger partial charge in [0, 0.05) is 25.4 Å². The number of hydrogen-bond donors (Lipinski definition) is 1. The quantitative estimate of drug-likeness (QED) is 0.795. The number of morpholine rings is 1. The summed E-state index contributed by atoms with van der Waals surface area (Å²) in [6.45, 7) is 4.17. The van der Waals surface area contributed by atoms with E-state index in [1.165, 1.54) is 0 Å². The van der Waals surface area contributed by atoms with Crippen molar-refractivity contribution in [3.63, 3.8) is 0 Å². The number of carbonyl (C=O) groups is 1. The van der Waals surface area contributed by atoms with E-state index in [1.54, 1.807) is 11.8 Å². The van der Waals surface area contributed by atoms with Gasteiger partial charge in [0.05, 0.1) is 13.2 Å². The summed E-state index contributed by atoms with van der Waals surface area (Å²) in [5.41, 5.74) is 0. The first-order valence-corrected chi connectivity index (χ1v) is 6.75. The molecule has 8 heteroatoms. The summed E-state index contributed by atoms with van der Waals surface area (Å²) in [6.07, 6.45) is 0.516. The summed E-state index contributed by atoms with van der Waals surface area (Å²) in [7, 11) is 0. The van der Waals surface area contributed by atoms with Crippen LogP contribution >= 0.6 is 11.6 Å². The van der Waals surface area contributed by atoms with Crippen LogP contribution in [0.25, 0.3) is 0 Å². The van der Waals surface area contributed by atoms with Crippen molar-refractivity contribution in [1.29, 1.82) is 0 Å². The van der Waals surface area contributed by atoms with Crippen LogP contribution in [0.15, 0.2) is 4.42 Å². The van der Waals surface area contributed by atoms with Crippen LogP contribution in [-0.2, 0) is 16.0 Å². The Morgan fingerprint density at radius 3 is 2.89 bits per heavy atom. The lowest BCUT2D eigenvalue weighted by Gasteiger charge is -2.29. The van der Waals surface area contributed by atoms with E-state index in [9.17, 15) is 4.79 Å². The number of carbonyl (C=O) groups excluding carboxylic acids is 1. The number of nitrogens with one attached hydrogen (secondary N) is 1. The molecule has 1 saturated heterocycles. The molecule has 1 atom stereocenters. The third-order valence-electron chi connectivity index (χ3n) is 2.81. The minimum atomic E-state index is -0.414. The Bertz CT molecular complexity index is 420. The van der Waals surface area contributed by atoms with Crippen molar-refractivity contribution in [3.8, 4) is 0 Å². The van der Waals surface area contributed by atoms with Crippen LogP contribution in [0.4, 0.5) is 6.01 Å². The maximum Gasteiger partial charge on any atom is 0.316 e. The molecule has 7 nitrogen and oxygen atoms in total.